The van der Waals surface area contributed by atoms with Crippen LogP contribution in [0.2, 0.25) is 0 Å². The maximum absolute atomic E-state index is 13.0. The Balaban J connectivity index is 1.36. The molecule has 4 rings (SSSR count). The lowest BCUT2D eigenvalue weighted by molar-refractivity contribution is -0.113. The first kappa shape index (κ1) is 24.6. The Morgan fingerprint density at radius 3 is 2.14 bits per heavy atom. The van der Waals surface area contributed by atoms with Crippen LogP contribution in [0.1, 0.15) is 12.0 Å². The van der Waals surface area contributed by atoms with Gasteiger partial charge < -0.3 is 18.9 Å². The first-order valence-electron chi connectivity index (χ1n) is 11.0. The van der Waals surface area contributed by atoms with Gasteiger partial charge in [-0.05, 0) is 48.0 Å². The van der Waals surface area contributed by atoms with Crippen LogP contribution in [0, 0.1) is 0 Å². The van der Waals surface area contributed by atoms with Gasteiger partial charge in [0.15, 0.2) is 27.3 Å². The maximum atomic E-state index is 13.0. The fraction of sp³-hybridized carbons (Fsp3) is 0.185. The lowest BCUT2D eigenvalue weighted by Crippen LogP contribution is -2.27. The van der Waals surface area contributed by atoms with Gasteiger partial charge in [0.2, 0.25) is 0 Å². The molecule has 0 aromatic heterocycles. The number of benzene rings is 3. The highest BCUT2D eigenvalue weighted by molar-refractivity contribution is 8.27. The lowest BCUT2D eigenvalue weighted by Gasteiger charge is -2.14. The van der Waals surface area contributed by atoms with Crippen molar-refractivity contribution in [1.29, 1.82) is 0 Å². The fourth-order valence-electron chi connectivity index (χ4n) is 3.47. The monoisotopic (exact) mass is 507 g/mol. The Bertz CT molecular complexity index is 1230. The summed E-state index contributed by atoms with van der Waals surface area (Å²) in [6.45, 7) is 0.949. The standard InChI is InChI=1S/C27H25NO5S2/c1-30-21-11-6-7-12-22(21)32-15-8-16-33-23-14-13-19(17-24(23)31-2)18-25-26(29)28(27(34)35-25)20-9-4-3-5-10-20/h3-7,9-14,17-18H,8,15-16H2,1-2H3/b25-18+. The first-order valence-corrected chi connectivity index (χ1v) is 12.2. The van der Waals surface area contributed by atoms with E-state index in [1.165, 1.54) is 11.8 Å². The molecular formula is C27H25NO5S2. The summed E-state index contributed by atoms with van der Waals surface area (Å²) in [6, 6.07) is 22.5. The molecular weight excluding hydrogens is 482 g/mol. The minimum absolute atomic E-state index is 0.138. The van der Waals surface area contributed by atoms with E-state index in [9.17, 15) is 4.79 Å². The molecule has 35 heavy (non-hydrogen) atoms. The number of amides is 1. The average molecular weight is 508 g/mol. The molecule has 3 aromatic carbocycles. The molecule has 0 aliphatic carbocycles. The van der Waals surface area contributed by atoms with Crippen LogP contribution in [0.4, 0.5) is 5.69 Å². The molecule has 6 nitrogen and oxygen atoms in total. The van der Waals surface area contributed by atoms with Crippen LogP contribution in [0.5, 0.6) is 23.0 Å². The van der Waals surface area contributed by atoms with Crippen LogP contribution in [0.15, 0.2) is 77.7 Å². The van der Waals surface area contributed by atoms with E-state index in [0.29, 0.717) is 51.9 Å². The SMILES string of the molecule is COc1ccccc1OCCCOc1ccc(/C=C2/SC(=S)N(c3ccccc3)C2=O)cc1OC. The molecule has 0 unspecified atom stereocenters. The zero-order valence-electron chi connectivity index (χ0n) is 19.4. The Morgan fingerprint density at radius 2 is 1.46 bits per heavy atom. The number of para-hydroxylation sites is 3. The molecule has 1 heterocycles. The number of methoxy groups -OCH3 is 2. The third kappa shape index (κ3) is 5.96. The number of rotatable bonds is 10. The van der Waals surface area contributed by atoms with E-state index in [4.69, 9.17) is 31.2 Å². The minimum Gasteiger partial charge on any atom is -0.493 e. The van der Waals surface area contributed by atoms with Crippen LogP contribution < -0.4 is 23.8 Å². The fourth-order valence-corrected chi connectivity index (χ4v) is 4.77. The Hall–Kier alpha value is -3.49. The number of carbonyl (C=O) groups excluding carboxylic acids is 1. The maximum Gasteiger partial charge on any atom is 0.270 e. The van der Waals surface area contributed by atoms with Crippen molar-refractivity contribution in [3.63, 3.8) is 0 Å². The van der Waals surface area contributed by atoms with Gasteiger partial charge in [-0.3, -0.25) is 9.69 Å². The second-order valence-electron chi connectivity index (χ2n) is 7.46. The number of thiocarbonyl (C=S) groups is 1. The quantitative estimate of drug-likeness (QED) is 0.191. The van der Waals surface area contributed by atoms with Gasteiger partial charge in [0, 0.05) is 6.42 Å². The molecule has 1 amide bonds. The van der Waals surface area contributed by atoms with E-state index in [0.717, 1.165) is 11.3 Å². The van der Waals surface area contributed by atoms with Crippen molar-refractivity contribution in [2.75, 3.05) is 32.3 Å². The van der Waals surface area contributed by atoms with Crippen molar-refractivity contribution in [3.05, 3.63) is 83.3 Å². The van der Waals surface area contributed by atoms with Crippen molar-refractivity contribution in [3.8, 4) is 23.0 Å². The van der Waals surface area contributed by atoms with Gasteiger partial charge in [0.05, 0.1) is 38.0 Å². The second kappa shape index (κ2) is 11.8. The van der Waals surface area contributed by atoms with Gasteiger partial charge in [-0.2, -0.15) is 0 Å². The van der Waals surface area contributed by atoms with E-state index >= 15 is 0 Å². The Morgan fingerprint density at radius 1 is 0.829 bits per heavy atom. The summed E-state index contributed by atoms with van der Waals surface area (Å²) in [6.07, 6.45) is 2.50. The molecule has 0 radical (unpaired) electrons. The summed E-state index contributed by atoms with van der Waals surface area (Å²) in [4.78, 5) is 15.1. The largest absolute Gasteiger partial charge is 0.493 e. The summed E-state index contributed by atoms with van der Waals surface area (Å²) in [7, 11) is 3.21. The lowest BCUT2D eigenvalue weighted by atomic mass is 10.2. The molecule has 1 saturated heterocycles. The molecule has 1 aliphatic heterocycles. The highest BCUT2D eigenvalue weighted by Crippen LogP contribution is 2.37. The molecule has 8 heteroatoms. The summed E-state index contributed by atoms with van der Waals surface area (Å²) in [5.41, 5.74) is 1.58. The van der Waals surface area contributed by atoms with Crippen molar-refractivity contribution in [2.45, 2.75) is 6.42 Å². The molecule has 180 valence electrons. The highest BCUT2D eigenvalue weighted by atomic mass is 32.2. The van der Waals surface area contributed by atoms with Gasteiger partial charge in [0.1, 0.15) is 0 Å². The highest BCUT2D eigenvalue weighted by Gasteiger charge is 2.33. The van der Waals surface area contributed by atoms with Crippen molar-refractivity contribution in [2.24, 2.45) is 0 Å². The number of hydrogen-bond acceptors (Lipinski definition) is 7. The summed E-state index contributed by atoms with van der Waals surface area (Å²) < 4.78 is 23.0. The number of ether oxygens (including phenoxy) is 4. The number of hydrogen-bond donors (Lipinski definition) is 0. The topological polar surface area (TPSA) is 57.2 Å². The van der Waals surface area contributed by atoms with Crippen molar-refractivity contribution >= 4 is 46.0 Å². The van der Waals surface area contributed by atoms with Crippen LogP contribution >= 0.6 is 24.0 Å². The number of thioether (sulfide) groups is 1. The van der Waals surface area contributed by atoms with E-state index < -0.39 is 0 Å². The smallest absolute Gasteiger partial charge is 0.270 e. The zero-order chi connectivity index (χ0) is 24.6. The Labute approximate surface area is 214 Å². The average Bonchev–Trinajstić information content (AvgIpc) is 3.17. The van der Waals surface area contributed by atoms with Crippen LogP contribution in [-0.2, 0) is 4.79 Å². The van der Waals surface area contributed by atoms with E-state index in [1.54, 1.807) is 19.1 Å². The summed E-state index contributed by atoms with van der Waals surface area (Å²) in [5, 5.41) is 0. The molecule has 1 aliphatic rings. The van der Waals surface area contributed by atoms with Gasteiger partial charge in [-0.15, -0.1) is 0 Å². The normalized spacial score (nSPS) is 14.3. The number of carbonyl (C=O) groups is 1. The van der Waals surface area contributed by atoms with E-state index in [-0.39, 0.29) is 5.91 Å². The van der Waals surface area contributed by atoms with Gasteiger partial charge in [0.25, 0.3) is 5.91 Å². The van der Waals surface area contributed by atoms with Gasteiger partial charge in [-0.25, -0.2) is 0 Å². The van der Waals surface area contributed by atoms with E-state index in [1.807, 2.05) is 78.9 Å². The molecule has 0 spiro atoms. The molecule has 3 aromatic rings. The number of anilines is 1. The van der Waals surface area contributed by atoms with Gasteiger partial charge in [-0.1, -0.05) is 60.4 Å². The van der Waals surface area contributed by atoms with E-state index in [2.05, 4.69) is 0 Å². The third-order valence-corrected chi connectivity index (χ3v) is 6.47. The zero-order valence-corrected chi connectivity index (χ0v) is 21.1. The Kier molecular flexibility index (Phi) is 8.28. The molecule has 1 fully saturated rings. The first-order chi connectivity index (χ1) is 17.1. The predicted molar refractivity (Wildman–Crippen MR) is 144 cm³/mol. The van der Waals surface area contributed by atoms with Crippen LogP contribution in [0.25, 0.3) is 6.08 Å². The minimum atomic E-state index is -0.138. The van der Waals surface area contributed by atoms with Crippen LogP contribution in [0.3, 0.4) is 0 Å². The van der Waals surface area contributed by atoms with Crippen molar-refractivity contribution in [1.82, 2.24) is 0 Å². The molecule has 0 bridgehead atoms. The van der Waals surface area contributed by atoms with Crippen LogP contribution in [-0.4, -0.2) is 37.7 Å². The third-order valence-electron chi connectivity index (χ3n) is 5.17. The summed E-state index contributed by atoms with van der Waals surface area (Å²) in [5.74, 6) is 2.48. The van der Waals surface area contributed by atoms with Gasteiger partial charge >= 0.3 is 0 Å². The molecule has 0 saturated carbocycles. The molecule has 0 N–H and O–H groups in total. The van der Waals surface area contributed by atoms with Crippen molar-refractivity contribution < 1.29 is 23.7 Å². The summed E-state index contributed by atoms with van der Waals surface area (Å²) >= 11 is 6.73. The predicted octanol–water partition coefficient (Wildman–Crippen LogP) is 5.96. The number of nitrogens with zero attached hydrogens (tertiary/aromatic N) is 1. The molecule has 0 atom stereocenters. The second-order valence-corrected chi connectivity index (χ2v) is 9.14.